The van der Waals surface area contributed by atoms with E-state index >= 15 is 0 Å². The second kappa shape index (κ2) is 3.79. The van der Waals surface area contributed by atoms with Gasteiger partial charge < -0.3 is 4.84 Å². The fourth-order valence-corrected chi connectivity index (χ4v) is 0.697. The molecule has 0 aromatic heterocycles. The molecule has 0 amide bonds. The Morgan fingerprint density at radius 3 is 3.20 bits per heavy atom. The van der Waals surface area contributed by atoms with Crippen molar-refractivity contribution in [2.45, 2.75) is 0 Å². The number of aliphatic imine (C=N–C) groups is 1. The number of nitrogens with zero attached hydrogens (tertiary/aromatic N) is 2. The lowest BCUT2D eigenvalue weighted by molar-refractivity contribution is -0.737. The Hall–Kier alpha value is -1.16. The smallest absolute Gasteiger partial charge is 0.193 e. The molecule has 1 heterocycles. The molecule has 54 valence electrons. The zero-order valence-electron chi connectivity index (χ0n) is 5.66. The van der Waals surface area contributed by atoms with Crippen LogP contribution in [0.15, 0.2) is 22.5 Å². The highest BCUT2D eigenvalue weighted by Crippen LogP contribution is 1.72. The fraction of sp³-hybridized carbons (Fsp3) is 0.333. The molecule has 0 fully saturated rings. The second-order valence-electron chi connectivity index (χ2n) is 1.88. The lowest BCUT2D eigenvalue weighted by Gasteiger charge is -2.02. The second-order valence-corrected chi connectivity index (χ2v) is 1.88. The van der Waals surface area contributed by atoms with Crippen molar-refractivity contribution in [3.05, 3.63) is 12.4 Å². The summed E-state index contributed by atoms with van der Waals surface area (Å²) in [5.74, 6) is 0. The normalized spacial score (nSPS) is 21.4. The lowest BCUT2D eigenvalue weighted by Crippen LogP contribution is -3.06. The van der Waals surface area contributed by atoms with E-state index in [1.54, 1.807) is 6.20 Å². The summed E-state index contributed by atoms with van der Waals surface area (Å²) in [6, 6.07) is 0. The highest BCUT2D eigenvalue weighted by molar-refractivity contribution is 5.47. The third-order valence-electron chi connectivity index (χ3n) is 1.19. The number of hydrogen-bond acceptors (Lipinski definition) is 3. The molecule has 0 spiro atoms. The first-order valence-electron chi connectivity index (χ1n) is 3.07. The van der Waals surface area contributed by atoms with E-state index < -0.39 is 0 Å². The van der Waals surface area contributed by atoms with Gasteiger partial charge in [0.15, 0.2) is 12.9 Å². The van der Waals surface area contributed by atoms with Gasteiger partial charge in [-0.3, -0.25) is 4.90 Å². The van der Waals surface area contributed by atoms with E-state index in [0.717, 1.165) is 6.54 Å². The molecule has 0 aromatic rings. The number of hydrogen-bond donors (Lipinski definition) is 1. The Morgan fingerprint density at radius 1 is 1.70 bits per heavy atom. The maximum absolute atomic E-state index is 4.69. The summed E-state index contributed by atoms with van der Waals surface area (Å²) >= 11 is 0. The van der Waals surface area contributed by atoms with Crippen molar-refractivity contribution in [1.82, 2.24) is 0 Å². The number of nitrogens with one attached hydrogen (secondary N) is 1. The molecule has 1 atom stereocenters. The Morgan fingerprint density at radius 2 is 2.60 bits per heavy atom. The summed E-state index contributed by atoms with van der Waals surface area (Å²) in [6.45, 7) is 4.62. The molecule has 1 unspecified atom stereocenters. The minimum absolute atomic E-state index is 0.579. The van der Waals surface area contributed by atoms with Crippen molar-refractivity contribution < 1.29 is 9.74 Å². The van der Waals surface area contributed by atoms with E-state index in [9.17, 15) is 0 Å². The van der Waals surface area contributed by atoms with Gasteiger partial charge in [0.2, 0.25) is 0 Å². The Bertz CT molecular complexity index is 152. The average Bonchev–Trinajstić information content (AvgIpc) is 2.41. The number of quaternary nitrogens is 1. The largest absolute Gasteiger partial charge is 0.390 e. The van der Waals surface area contributed by atoms with Crippen molar-refractivity contribution in [3.63, 3.8) is 0 Å². The molecule has 1 rings (SSSR count). The summed E-state index contributed by atoms with van der Waals surface area (Å²) in [4.78, 5) is 9.76. The molecule has 0 radical (unpaired) electrons. The van der Waals surface area contributed by atoms with Gasteiger partial charge in [-0.25, -0.2) is 4.99 Å². The van der Waals surface area contributed by atoms with E-state index in [0.29, 0.717) is 6.61 Å². The summed E-state index contributed by atoms with van der Waals surface area (Å²) in [6.07, 6.45) is 5.52. The highest BCUT2D eigenvalue weighted by atomic mass is 16.6. The fourth-order valence-electron chi connectivity index (χ4n) is 0.697. The molecule has 4 heteroatoms. The molecule has 0 aliphatic carbocycles. The zero-order chi connectivity index (χ0) is 7.23. The van der Waals surface area contributed by atoms with Crippen LogP contribution in [0, 0.1) is 0 Å². The van der Waals surface area contributed by atoms with Crippen LogP contribution in [0.3, 0.4) is 0 Å². The van der Waals surface area contributed by atoms with Gasteiger partial charge >= 0.3 is 0 Å². The number of rotatable bonds is 4. The molecule has 0 saturated carbocycles. The summed E-state index contributed by atoms with van der Waals surface area (Å²) in [7, 11) is 0. The minimum Gasteiger partial charge on any atom is -0.390 e. The Balaban J connectivity index is 2.08. The van der Waals surface area contributed by atoms with Crippen molar-refractivity contribution in [2.24, 2.45) is 10.1 Å². The summed E-state index contributed by atoms with van der Waals surface area (Å²) in [5.41, 5.74) is 0. The molecule has 10 heavy (non-hydrogen) atoms. The Labute approximate surface area is 59.5 Å². The Kier molecular flexibility index (Phi) is 2.63. The van der Waals surface area contributed by atoms with Gasteiger partial charge in [-0.1, -0.05) is 0 Å². The summed E-state index contributed by atoms with van der Waals surface area (Å²) in [5, 5.41) is 3.26. The predicted molar refractivity (Wildman–Crippen MR) is 39.0 cm³/mol. The van der Waals surface area contributed by atoms with Crippen LogP contribution in [-0.2, 0) is 4.84 Å². The molecule has 0 bridgehead atoms. The molecule has 4 nitrogen and oxygen atoms in total. The zero-order valence-corrected chi connectivity index (χ0v) is 5.66. The molecule has 1 aliphatic rings. The molecule has 0 saturated heterocycles. The third-order valence-corrected chi connectivity index (χ3v) is 1.19. The van der Waals surface area contributed by atoms with E-state index in [2.05, 4.69) is 16.9 Å². The van der Waals surface area contributed by atoms with Crippen LogP contribution >= 0.6 is 0 Å². The average molecular weight is 140 g/mol. The topological polar surface area (TPSA) is 38.4 Å². The van der Waals surface area contributed by atoms with Crippen molar-refractivity contribution in [3.8, 4) is 0 Å². The third kappa shape index (κ3) is 1.99. The van der Waals surface area contributed by atoms with Gasteiger partial charge in [-0.05, 0) is 0 Å². The van der Waals surface area contributed by atoms with E-state index in [1.165, 1.54) is 4.90 Å². The van der Waals surface area contributed by atoms with Crippen LogP contribution in [0.5, 0.6) is 0 Å². The predicted octanol–water partition coefficient (Wildman–Crippen LogP) is -0.983. The molecule has 0 aromatic carbocycles. The van der Waals surface area contributed by atoms with Gasteiger partial charge in [0, 0.05) is 6.72 Å². The monoisotopic (exact) mass is 140 g/mol. The highest BCUT2D eigenvalue weighted by Gasteiger charge is 2.03. The van der Waals surface area contributed by atoms with Gasteiger partial charge in [-0.2, -0.15) is 0 Å². The molecule has 1 aliphatic heterocycles. The van der Waals surface area contributed by atoms with Gasteiger partial charge in [0.1, 0.15) is 12.7 Å². The van der Waals surface area contributed by atoms with Crippen molar-refractivity contribution in [2.75, 3.05) is 13.2 Å². The van der Waals surface area contributed by atoms with Crippen molar-refractivity contribution >= 4 is 13.1 Å². The molecular weight excluding hydrogens is 130 g/mol. The molecular formula is C6H10N3O+. The number of oxime groups is 1. The first-order chi connectivity index (χ1) is 4.93. The lowest BCUT2D eigenvalue weighted by atomic mass is 10.6. The van der Waals surface area contributed by atoms with Crippen LogP contribution in [0.25, 0.3) is 0 Å². The van der Waals surface area contributed by atoms with Crippen LogP contribution in [0.1, 0.15) is 0 Å². The standard InChI is InChI=1S/C6H9N3O/c1-7-10-5-4-9-3-2-8-6-9/h2-3,6H,1,4-5H2/p+1. The minimum atomic E-state index is 0.579. The van der Waals surface area contributed by atoms with E-state index in [1.807, 2.05) is 12.5 Å². The van der Waals surface area contributed by atoms with E-state index in [-0.39, 0.29) is 0 Å². The van der Waals surface area contributed by atoms with Crippen LogP contribution in [0.4, 0.5) is 0 Å². The quantitative estimate of drug-likeness (QED) is 0.304. The first kappa shape index (κ1) is 6.95. The maximum Gasteiger partial charge on any atom is 0.193 e. The van der Waals surface area contributed by atoms with Crippen molar-refractivity contribution in [1.29, 1.82) is 0 Å². The first-order valence-corrected chi connectivity index (χ1v) is 3.07. The SMILES string of the molecule is C=NOCC[NH+]1C=CN=C1. The van der Waals surface area contributed by atoms with Gasteiger partial charge in [-0.15, -0.1) is 5.16 Å². The van der Waals surface area contributed by atoms with Crippen LogP contribution < -0.4 is 4.90 Å². The van der Waals surface area contributed by atoms with Crippen LogP contribution in [0.2, 0.25) is 0 Å². The maximum atomic E-state index is 4.69. The van der Waals surface area contributed by atoms with E-state index in [4.69, 9.17) is 4.84 Å². The summed E-state index contributed by atoms with van der Waals surface area (Å²) < 4.78 is 0. The van der Waals surface area contributed by atoms with Gasteiger partial charge in [0.25, 0.3) is 0 Å². The van der Waals surface area contributed by atoms with Gasteiger partial charge in [0.05, 0.1) is 6.20 Å². The molecule has 1 N–H and O–H groups in total. The van der Waals surface area contributed by atoms with Crippen LogP contribution in [-0.4, -0.2) is 26.2 Å².